The second-order valence-corrected chi connectivity index (χ2v) is 7.43. The van der Waals surface area contributed by atoms with Crippen molar-refractivity contribution in [3.05, 3.63) is 0 Å². The standard InChI is InChI=1S/C19H26N12/c1-31-19-7-5-3(9(21)15(27)16(28)11(5)23)2-4(6(7)12(24)17(29)18(19)30)10(22)14(26)13(25)8(2)20/h31H,20-30H2,1H3. The molecule has 0 saturated heterocycles. The maximum atomic E-state index is 6.43. The number of rotatable bonds is 1. The van der Waals surface area contributed by atoms with Crippen LogP contribution in [-0.2, 0) is 0 Å². The zero-order chi connectivity index (χ0) is 23.1. The van der Waals surface area contributed by atoms with Gasteiger partial charge in [0.2, 0.25) is 0 Å². The van der Waals surface area contributed by atoms with Gasteiger partial charge < -0.3 is 68.4 Å². The van der Waals surface area contributed by atoms with Crippen molar-refractivity contribution >= 4 is 101 Å². The topological polar surface area (TPSA) is 298 Å². The van der Waals surface area contributed by atoms with Gasteiger partial charge in [-0.15, -0.1) is 0 Å². The first-order chi connectivity index (χ1) is 14.5. The third kappa shape index (κ3) is 2.07. The number of nitrogens with one attached hydrogen (secondary N) is 1. The molecule has 31 heavy (non-hydrogen) atoms. The first-order valence-corrected chi connectivity index (χ1v) is 9.18. The largest absolute Gasteiger partial charge is 0.396 e. The van der Waals surface area contributed by atoms with Crippen LogP contribution in [0.5, 0.6) is 0 Å². The Kier molecular flexibility index (Phi) is 3.72. The Balaban J connectivity index is 2.67. The molecule has 0 aliphatic rings. The third-order valence-electron chi connectivity index (χ3n) is 5.94. The van der Waals surface area contributed by atoms with E-state index >= 15 is 0 Å². The van der Waals surface area contributed by atoms with Gasteiger partial charge in [0, 0.05) is 39.4 Å². The van der Waals surface area contributed by atoms with Gasteiger partial charge in [-0.1, -0.05) is 0 Å². The fourth-order valence-corrected chi connectivity index (χ4v) is 4.27. The van der Waals surface area contributed by atoms with E-state index in [-0.39, 0.29) is 62.6 Å². The van der Waals surface area contributed by atoms with Crippen molar-refractivity contribution in [2.45, 2.75) is 0 Å². The summed E-state index contributed by atoms with van der Waals surface area (Å²) in [6.45, 7) is 0. The van der Waals surface area contributed by atoms with E-state index in [1.165, 1.54) is 0 Å². The van der Waals surface area contributed by atoms with Gasteiger partial charge in [0.05, 0.1) is 68.2 Å². The van der Waals surface area contributed by atoms with Crippen LogP contribution >= 0.6 is 0 Å². The van der Waals surface area contributed by atoms with Crippen LogP contribution in [0.2, 0.25) is 0 Å². The molecule has 0 atom stereocenters. The summed E-state index contributed by atoms with van der Waals surface area (Å²) in [5.41, 5.74) is 71.2. The van der Waals surface area contributed by atoms with Crippen molar-refractivity contribution in [2.24, 2.45) is 0 Å². The fraction of sp³-hybridized carbons (Fsp3) is 0.0526. The highest BCUT2D eigenvalue weighted by Gasteiger charge is 2.27. The quantitative estimate of drug-likeness (QED) is 0.148. The zero-order valence-corrected chi connectivity index (χ0v) is 16.9. The zero-order valence-electron chi connectivity index (χ0n) is 16.9. The van der Waals surface area contributed by atoms with Crippen LogP contribution in [0.3, 0.4) is 0 Å². The maximum Gasteiger partial charge on any atom is 0.0811 e. The van der Waals surface area contributed by atoms with Crippen molar-refractivity contribution in [1.29, 1.82) is 0 Å². The highest BCUT2D eigenvalue weighted by molar-refractivity contribution is 6.43. The smallest absolute Gasteiger partial charge is 0.0811 e. The van der Waals surface area contributed by atoms with Gasteiger partial charge in [-0.25, -0.2) is 0 Å². The second kappa shape index (κ2) is 5.89. The molecule has 0 heterocycles. The van der Waals surface area contributed by atoms with Gasteiger partial charge in [0.1, 0.15) is 0 Å². The van der Waals surface area contributed by atoms with Gasteiger partial charge in [0.25, 0.3) is 0 Å². The Morgan fingerprint density at radius 2 is 0.548 bits per heavy atom. The summed E-state index contributed by atoms with van der Waals surface area (Å²) in [5.74, 6) is 0. The Morgan fingerprint density at radius 1 is 0.323 bits per heavy atom. The lowest BCUT2D eigenvalue weighted by Crippen LogP contribution is -2.11. The van der Waals surface area contributed by atoms with Crippen molar-refractivity contribution in [1.82, 2.24) is 0 Å². The lowest BCUT2D eigenvalue weighted by molar-refractivity contribution is 1.55. The number of nitrogens with two attached hydrogens (primary N) is 11. The van der Waals surface area contributed by atoms with E-state index in [9.17, 15) is 0 Å². The van der Waals surface area contributed by atoms with Crippen LogP contribution in [0, 0.1) is 0 Å². The SMILES string of the molecule is CNc1c(N)c(N)c(N)c2c3c(N)c(N)c(N)c(N)c3c3c(N)c(N)c(N)c(N)c3c12. The lowest BCUT2D eigenvalue weighted by atomic mass is 9.86. The normalized spacial score (nSPS) is 11.5. The molecule has 0 saturated carbocycles. The molecule has 0 bridgehead atoms. The summed E-state index contributed by atoms with van der Waals surface area (Å²) in [6.07, 6.45) is 0. The first kappa shape index (κ1) is 19.6. The van der Waals surface area contributed by atoms with Crippen LogP contribution in [0.4, 0.5) is 68.2 Å². The lowest BCUT2D eigenvalue weighted by Gasteiger charge is -2.24. The van der Waals surface area contributed by atoms with E-state index in [1.54, 1.807) is 7.05 Å². The average Bonchev–Trinajstić information content (AvgIpc) is 2.75. The Morgan fingerprint density at radius 3 is 0.806 bits per heavy atom. The molecule has 12 heteroatoms. The predicted molar refractivity (Wildman–Crippen MR) is 137 cm³/mol. The molecule has 0 aromatic heterocycles. The number of fused-ring (bicyclic) bond motifs is 6. The van der Waals surface area contributed by atoms with E-state index in [0.29, 0.717) is 38.0 Å². The summed E-state index contributed by atoms with van der Waals surface area (Å²) in [6, 6.07) is 0. The minimum atomic E-state index is 0.0925. The van der Waals surface area contributed by atoms with E-state index in [0.717, 1.165) is 0 Å². The Hall–Kier alpha value is -4.74. The molecule has 162 valence electrons. The predicted octanol–water partition coefficient (Wildman–Crippen LogP) is 0.592. The third-order valence-corrected chi connectivity index (χ3v) is 5.94. The van der Waals surface area contributed by atoms with Gasteiger partial charge in [-0.3, -0.25) is 0 Å². The molecule has 12 nitrogen and oxygen atoms in total. The number of anilines is 12. The molecule has 4 aromatic carbocycles. The van der Waals surface area contributed by atoms with E-state index < -0.39 is 0 Å². The van der Waals surface area contributed by atoms with Crippen LogP contribution < -0.4 is 68.4 Å². The summed E-state index contributed by atoms with van der Waals surface area (Å²) in [5, 5.41) is 5.62. The summed E-state index contributed by atoms with van der Waals surface area (Å²) < 4.78 is 0. The van der Waals surface area contributed by atoms with E-state index in [4.69, 9.17) is 63.1 Å². The monoisotopic (exact) mass is 422 g/mol. The minimum Gasteiger partial charge on any atom is -0.396 e. The van der Waals surface area contributed by atoms with E-state index in [2.05, 4.69) is 5.32 Å². The molecule has 0 spiro atoms. The summed E-state index contributed by atoms with van der Waals surface area (Å²) >= 11 is 0. The Bertz CT molecular complexity index is 1420. The van der Waals surface area contributed by atoms with Crippen LogP contribution in [0.25, 0.3) is 32.3 Å². The highest BCUT2D eigenvalue weighted by atomic mass is 14.9. The molecule has 23 N–H and O–H groups in total. The molecule has 0 unspecified atom stereocenters. The minimum absolute atomic E-state index is 0.0925. The maximum absolute atomic E-state index is 6.43. The first-order valence-electron chi connectivity index (χ1n) is 9.18. The summed E-state index contributed by atoms with van der Waals surface area (Å²) in [4.78, 5) is 0. The van der Waals surface area contributed by atoms with Crippen LogP contribution in [0.1, 0.15) is 0 Å². The molecular formula is C19H26N12. The van der Waals surface area contributed by atoms with Crippen LogP contribution in [-0.4, -0.2) is 7.05 Å². The van der Waals surface area contributed by atoms with Crippen molar-refractivity contribution in [2.75, 3.05) is 75.4 Å². The molecule has 0 radical (unpaired) electrons. The molecule has 0 amide bonds. The molecule has 0 fully saturated rings. The van der Waals surface area contributed by atoms with E-state index in [1.807, 2.05) is 0 Å². The van der Waals surface area contributed by atoms with Crippen molar-refractivity contribution in [3.63, 3.8) is 0 Å². The number of hydrogen-bond acceptors (Lipinski definition) is 12. The molecule has 0 aliphatic heterocycles. The van der Waals surface area contributed by atoms with Gasteiger partial charge >= 0.3 is 0 Å². The molecule has 4 rings (SSSR count). The van der Waals surface area contributed by atoms with Crippen LogP contribution in [0.15, 0.2) is 0 Å². The summed E-state index contributed by atoms with van der Waals surface area (Å²) in [7, 11) is 1.67. The molecule has 0 aliphatic carbocycles. The molecular weight excluding hydrogens is 396 g/mol. The number of benzene rings is 4. The van der Waals surface area contributed by atoms with Gasteiger partial charge in [0.15, 0.2) is 0 Å². The van der Waals surface area contributed by atoms with Crippen molar-refractivity contribution in [3.8, 4) is 0 Å². The van der Waals surface area contributed by atoms with Gasteiger partial charge in [-0.2, -0.15) is 0 Å². The molecule has 4 aromatic rings. The Labute approximate surface area is 176 Å². The van der Waals surface area contributed by atoms with Crippen molar-refractivity contribution < 1.29 is 0 Å². The number of hydrogen-bond donors (Lipinski definition) is 12. The average molecular weight is 423 g/mol. The number of nitrogen functional groups attached to an aromatic ring is 11. The highest BCUT2D eigenvalue weighted by Crippen LogP contribution is 2.56. The van der Waals surface area contributed by atoms with Gasteiger partial charge in [-0.05, 0) is 0 Å². The second-order valence-electron chi connectivity index (χ2n) is 7.43. The fourth-order valence-electron chi connectivity index (χ4n) is 4.27.